The van der Waals surface area contributed by atoms with Crippen molar-refractivity contribution in [3.05, 3.63) is 76.2 Å². The van der Waals surface area contributed by atoms with Gasteiger partial charge in [-0.3, -0.25) is 9.78 Å². The highest BCUT2D eigenvalue weighted by atomic mass is 16.5. The first kappa shape index (κ1) is 16.7. The van der Waals surface area contributed by atoms with Crippen LogP contribution in [0.5, 0.6) is 5.75 Å². The van der Waals surface area contributed by atoms with Gasteiger partial charge >= 0.3 is 0 Å². The van der Waals surface area contributed by atoms with Crippen LogP contribution in [0.4, 0.5) is 11.6 Å². The highest BCUT2D eigenvalue weighted by molar-refractivity contribution is 5.55. The van der Waals surface area contributed by atoms with Crippen molar-refractivity contribution in [3.63, 3.8) is 0 Å². The molecule has 2 aromatic carbocycles. The Balaban J connectivity index is 1.72. The van der Waals surface area contributed by atoms with E-state index in [0.717, 1.165) is 23.4 Å². The zero-order valence-corrected chi connectivity index (χ0v) is 14.0. The number of aromatic amines is 1. The van der Waals surface area contributed by atoms with E-state index in [1.165, 1.54) is 0 Å². The molecule has 0 bridgehead atoms. The van der Waals surface area contributed by atoms with Crippen LogP contribution in [0, 0.1) is 0 Å². The topological polar surface area (TPSA) is 79.9 Å². The minimum atomic E-state index is -0.250. The molecule has 0 saturated carbocycles. The number of benzene rings is 2. The third kappa shape index (κ3) is 4.67. The molecule has 25 heavy (non-hydrogen) atoms. The van der Waals surface area contributed by atoms with Crippen LogP contribution in [-0.2, 0) is 6.42 Å². The molecule has 0 aliphatic rings. The Morgan fingerprint density at radius 1 is 1.08 bits per heavy atom. The normalized spacial score (nSPS) is 10.4. The predicted molar refractivity (Wildman–Crippen MR) is 97.4 cm³/mol. The number of aromatic nitrogens is 3. The molecule has 3 rings (SSSR count). The Hall–Kier alpha value is -3.15. The van der Waals surface area contributed by atoms with Crippen molar-refractivity contribution in [2.45, 2.75) is 19.8 Å². The summed E-state index contributed by atoms with van der Waals surface area (Å²) >= 11 is 0. The number of nitrogens with one attached hydrogen (secondary N) is 2. The van der Waals surface area contributed by atoms with E-state index in [-0.39, 0.29) is 5.56 Å². The number of ether oxygens (including phenoxy) is 1. The fraction of sp³-hybridized carbons (Fsp3) is 0.211. The summed E-state index contributed by atoms with van der Waals surface area (Å²) in [6.07, 6.45) is 1.39. The average Bonchev–Trinajstić information content (AvgIpc) is 2.63. The van der Waals surface area contributed by atoms with Gasteiger partial charge in [-0.1, -0.05) is 43.3 Å². The zero-order chi connectivity index (χ0) is 17.5. The molecule has 0 unspecified atom stereocenters. The second-order valence-electron chi connectivity index (χ2n) is 5.61. The fourth-order valence-electron chi connectivity index (χ4n) is 2.34. The Bertz CT molecular complexity index is 878. The molecule has 0 spiro atoms. The SMILES string of the molecule is CCCOc1cccc(Nc2nnc(Cc3ccccc3)c(=O)[nH]2)c1. The maximum atomic E-state index is 12.2. The first-order valence-electron chi connectivity index (χ1n) is 8.24. The van der Waals surface area contributed by atoms with Crippen LogP contribution < -0.4 is 15.6 Å². The van der Waals surface area contributed by atoms with E-state index in [4.69, 9.17) is 4.74 Å². The van der Waals surface area contributed by atoms with Crippen molar-refractivity contribution >= 4 is 11.6 Å². The van der Waals surface area contributed by atoms with E-state index in [2.05, 4.69) is 27.4 Å². The van der Waals surface area contributed by atoms with Crippen molar-refractivity contribution in [1.29, 1.82) is 0 Å². The van der Waals surface area contributed by atoms with E-state index in [1.54, 1.807) is 0 Å². The van der Waals surface area contributed by atoms with Crippen molar-refractivity contribution in [2.24, 2.45) is 0 Å². The van der Waals surface area contributed by atoms with Crippen molar-refractivity contribution < 1.29 is 4.74 Å². The summed E-state index contributed by atoms with van der Waals surface area (Å²) in [5.41, 5.74) is 1.93. The molecule has 3 aromatic rings. The second-order valence-corrected chi connectivity index (χ2v) is 5.61. The number of hydrogen-bond donors (Lipinski definition) is 2. The van der Waals surface area contributed by atoms with Gasteiger partial charge in [-0.05, 0) is 24.1 Å². The standard InChI is InChI=1S/C19H20N4O2/c1-2-11-25-16-10-6-9-15(13-16)20-19-21-18(24)17(22-23-19)12-14-7-4-3-5-8-14/h3-10,13H,2,11-12H2,1H3,(H2,20,21,23,24). The third-order valence-corrected chi connectivity index (χ3v) is 3.55. The molecule has 1 heterocycles. The quantitative estimate of drug-likeness (QED) is 0.692. The molecular formula is C19H20N4O2. The molecule has 0 amide bonds. The third-order valence-electron chi connectivity index (χ3n) is 3.55. The zero-order valence-electron chi connectivity index (χ0n) is 14.0. The van der Waals surface area contributed by atoms with E-state index in [0.29, 0.717) is 24.7 Å². The van der Waals surface area contributed by atoms with E-state index in [9.17, 15) is 4.79 Å². The van der Waals surface area contributed by atoms with Crippen molar-refractivity contribution in [3.8, 4) is 5.75 Å². The lowest BCUT2D eigenvalue weighted by molar-refractivity contribution is 0.317. The molecule has 1 aromatic heterocycles. The first-order chi connectivity index (χ1) is 12.2. The molecule has 0 aliphatic carbocycles. The van der Waals surface area contributed by atoms with Gasteiger partial charge in [-0.2, -0.15) is 0 Å². The summed E-state index contributed by atoms with van der Waals surface area (Å²) in [7, 11) is 0. The molecule has 128 valence electrons. The number of anilines is 2. The Morgan fingerprint density at radius 2 is 1.92 bits per heavy atom. The minimum Gasteiger partial charge on any atom is -0.494 e. The summed E-state index contributed by atoms with van der Waals surface area (Å²) < 4.78 is 5.59. The maximum absolute atomic E-state index is 12.2. The molecule has 0 saturated heterocycles. The highest BCUT2D eigenvalue weighted by Gasteiger charge is 2.06. The van der Waals surface area contributed by atoms with Gasteiger partial charge in [0.1, 0.15) is 11.4 Å². The lowest BCUT2D eigenvalue weighted by Gasteiger charge is -2.08. The van der Waals surface area contributed by atoms with Crippen molar-refractivity contribution in [2.75, 3.05) is 11.9 Å². The lowest BCUT2D eigenvalue weighted by atomic mass is 10.1. The number of hydrogen-bond acceptors (Lipinski definition) is 5. The smallest absolute Gasteiger partial charge is 0.274 e. The van der Waals surface area contributed by atoms with E-state index < -0.39 is 0 Å². The molecule has 6 nitrogen and oxygen atoms in total. The van der Waals surface area contributed by atoms with Gasteiger partial charge in [0, 0.05) is 18.2 Å². The molecular weight excluding hydrogens is 316 g/mol. The van der Waals surface area contributed by atoms with Gasteiger partial charge in [-0.25, -0.2) is 0 Å². The van der Waals surface area contributed by atoms with Gasteiger partial charge in [0.2, 0.25) is 5.95 Å². The largest absolute Gasteiger partial charge is 0.494 e. The molecule has 6 heteroatoms. The number of rotatable bonds is 7. The highest BCUT2D eigenvalue weighted by Crippen LogP contribution is 2.19. The van der Waals surface area contributed by atoms with Crippen LogP contribution in [0.3, 0.4) is 0 Å². The van der Waals surface area contributed by atoms with Crippen LogP contribution in [0.2, 0.25) is 0 Å². The molecule has 0 atom stereocenters. The van der Waals surface area contributed by atoms with Crippen LogP contribution in [0.1, 0.15) is 24.6 Å². The number of H-pyrrole nitrogens is 1. The summed E-state index contributed by atoms with van der Waals surface area (Å²) in [5, 5.41) is 11.2. The van der Waals surface area contributed by atoms with Gasteiger partial charge in [0.15, 0.2) is 0 Å². The Labute approximate surface area is 145 Å². The average molecular weight is 336 g/mol. The molecule has 2 N–H and O–H groups in total. The number of nitrogens with zero attached hydrogens (tertiary/aromatic N) is 2. The van der Waals surface area contributed by atoms with Gasteiger partial charge in [0.05, 0.1) is 6.61 Å². The van der Waals surface area contributed by atoms with Crippen molar-refractivity contribution in [1.82, 2.24) is 15.2 Å². The van der Waals surface area contributed by atoms with Crippen LogP contribution >= 0.6 is 0 Å². The Morgan fingerprint density at radius 3 is 2.68 bits per heavy atom. The fourth-order valence-corrected chi connectivity index (χ4v) is 2.34. The van der Waals surface area contributed by atoms with E-state index >= 15 is 0 Å². The molecule has 0 aliphatic heterocycles. The summed E-state index contributed by atoms with van der Waals surface area (Å²) in [5.74, 6) is 1.07. The Kier molecular flexibility index (Phi) is 5.41. The van der Waals surface area contributed by atoms with Gasteiger partial charge in [-0.15, -0.1) is 10.2 Å². The summed E-state index contributed by atoms with van der Waals surface area (Å²) in [6, 6.07) is 17.2. The van der Waals surface area contributed by atoms with E-state index in [1.807, 2.05) is 54.6 Å². The summed E-state index contributed by atoms with van der Waals surface area (Å²) in [4.78, 5) is 14.9. The predicted octanol–water partition coefficient (Wildman–Crippen LogP) is 3.29. The second kappa shape index (κ2) is 8.10. The lowest BCUT2D eigenvalue weighted by Crippen LogP contribution is -2.18. The van der Waals surface area contributed by atoms with Gasteiger partial charge < -0.3 is 10.1 Å². The monoisotopic (exact) mass is 336 g/mol. The summed E-state index contributed by atoms with van der Waals surface area (Å²) in [6.45, 7) is 2.72. The van der Waals surface area contributed by atoms with Crippen LogP contribution in [0.25, 0.3) is 0 Å². The van der Waals surface area contributed by atoms with Gasteiger partial charge in [0.25, 0.3) is 5.56 Å². The molecule has 0 radical (unpaired) electrons. The first-order valence-corrected chi connectivity index (χ1v) is 8.24. The maximum Gasteiger partial charge on any atom is 0.274 e. The minimum absolute atomic E-state index is 0.250. The molecule has 0 fully saturated rings. The van der Waals surface area contributed by atoms with Crippen LogP contribution in [0.15, 0.2) is 59.4 Å². The van der Waals surface area contributed by atoms with Crippen LogP contribution in [-0.4, -0.2) is 21.8 Å².